The lowest BCUT2D eigenvalue weighted by Gasteiger charge is -2.10. The molecule has 0 spiro atoms. The van der Waals surface area contributed by atoms with Gasteiger partial charge in [0.25, 0.3) is 10.0 Å². The molecule has 5 nitrogen and oxygen atoms in total. The summed E-state index contributed by atoms with van der Waals surface area (Å²) in [5.74, 6) is 0. The fourth-order valence-electron chi connectivity index (χ4n) is 1.49. The molecule has 2 rings (SSSR count). The number of pyridine rings is 1. The quantitative estimate of drug-likeness (QED) is 0.897. The summed E-state index contributed by atoms with van der Waals surface area (Å²) < 4.78 is 27.4. The van der Waals surface area contributed by atoms with Gasteiger partial charge in [0.05, 0.1) is 5.69 Å². The average molecular weight is 343 g/mol. The smallest absolute Gasteiger partial charge is 0.263 e. The molecule has 0 amide bonds. The van der Waals surface area contributed by atoms with E-state index in [1.807, 2.05) is 13.0 Å². The molecule has 0 atom stereocenters. The highest BCUT2D eigenvalue weighted by Gasteiger charge is 2.16. The van der Waals surface area contributed by atoms with Crippen LogP contribution in [0, 0.1) is 6.92 Å². The molecule has 0 aliphatic rings. The molecule has 0 fully saturated rings. The van der Waals surface area contributed by atoms with Gasteiger partial charge in [0, 0.05) is 16.7 Å². The summed E-state index contributed by atoms with van der Waals surface area (Å²) in [6.07, 6.45) is 1.16. The molecule has 19 heavy (non-hydrogen) atoms. The van der Waals surface area contributed by atoms with Crippen LogP contribution in [0.2, 0.25) is 0 Å². The Balaban J connectivity index is 2.39. The molecule has 0 saturated heterocycles. The van der Waals surface area contributed by atoms with Gasteiger partial charge in [0.15, 0.2) is 0 Å². The first-order valence-electron chi connectivity index (χ1n) is 5.37. The van der Waals surface area contributed by atoms with Crippen LogP contribution in [0.3, 0.4) is 0 Å². The number of halogens is 1. The van der Waals surface area contributed by atoms with E-state index in [-0.39, 0.29) is 10.5 Å². The van der Waals surface area contributed by atoms with Crippen molar-refractivity contribution < 1.29 is 8.42 Å². The van der Waals surface area contributed by atoms with Crippen LogP contribution < -0.4 is 10.3 Å². The van der Waals surface area contributed by atoms with E-state index < -0.39 is 10.0 Å². The summed E-state index contributed by atoms with van der Waals surface area (Å²) in [6.45, 7) is 1.86. The summed E-state index contributed by atoms with van der Waals surface area (Å²) in [6, 6.07) is 7.69. The third kappa shape index (κ3) is 3.05. The Bertz CT molecular complexity index is 748. The molecule has 100 valence electrons. The molecule has 7 heteroatoms. The van der Waals surface area contributed by atoms with Crippen LogP contribution in [0.1, 0.15) is 5.56 Å². The number of rotatable bonds is 3. The minimum atomic E-state index is -3.72. The predicted molar refractivity (Wildman–Crippen MR) is 76.8 cm³/mol. The van der Waals surface area contributed by atoms with Crippen LogP contribution in [-0.2, 0) is 10.0 Å². The molecule has 0 radical (unpaired) electrons. The van der Waals surface area contributed by atoms with Crippen molar-refractivity contribution >= 4 is 31.6 Å². The summed E-state index contributed by atoms with van der Waals surface area (Å²) in [5, 5.41) is 0. The Morgan fingerprint density at radius 1 is 1.21 bits per heavy atom. The van der Waals surface area contributed by atoms with Crippen molar-refractivity contribution in [3.05, 3.63) is 56.9 Å². The van der Waals surface area contributed by atoms with E-state index in [0.717, 1.165) is 11.8 Å². The van der Waals surface area contributed by atoms with E-state index in [9.17, 15) is 13.2 Å². The lowest BCUT2D eigenvalue weighted by atomic mass is 10.2. The number of anilines is 1. The van der Waals surface area contributed by atoms with Crippen LogP contribution in [-0.4, -0.2) is 13.4 Å². The van der Waals surface area contributed by atoms with Crippen molar-refractivity contribution in [2.75, 3.05) is 4.72 Å². The Hall–Kier alpha value is -1.60. The normalized spacial score (nSPS) is 11.3. The number of hydrogen-bond donors (Lipinski definition) is 2. The van der Waals surface area contributed by atoms with Crippen LogP contribution in [0.4, 0.5) is 5.69 Å². The fourth-order valence-corrected chi connectivity index (χ4v) is 3.03. The fraction of sp³-hybridized carbons (Fsp3) is 0.0833. The SMILES string of the molecule is Cc1cccc(NS(=O)(=O)c2ccc(=O)[nH]c2)c1Br. The van der Waals surface area contributed by atoms with Crippen molar-refractivity contribution in [3.63, 3.8) is 0 Å². The monoisotopic (exact) mass is 342 g/mol. The van der Waals surface area contributed by atoms with E-state index in [0.29, 0.717) is 10.2 Å². The number of nitrogens with one attached hydrogen (secondary N) is 2. The number of aryl methyl sites for hydroxylation is 1. The lowest BCUT2D eigenvalue weighted by Crippen LogP contribution is -2.15. The zero-order valence-corrected chi connectivity index (χ0v) is 12.4. The number of aromatic amines is 1. The number of sulfonamides is 1. The highest BCUT2D eigenvalue weighted by Crippen LogP contribution is 2.27. The summed E-state index contributed by atoms with van der Waals surface area (Å²) in [4.78, 5) is 13.3. The molecule has 1 aromatic heterocycles. The van der Waals surface area contributed by atoms with Crippen LogP contribution in [0.5, 0.6) is 0 Å². The van der Waals surface area contributed by atoms with Crippen LogP contribution in [0.25, 0.3) is 0 Å². The summed E-state index contributed by atoms with van der Waals surface area (Å²) >= 11 is 3.33. The largest absolute Gasteiger partial charge is 0.328 e. The van der Waals surface area contributed by atoms with Crippen molar-refractivity contribution in [2.45, 2.75) is 11.8 Å². The van der Waals surface area contributed by atoms with E-state index in [1.165, 1.54) is 12.1 Å². The maximum absolute atomic E-state index is 12.1. The van der Waals surface area contributed by atoms with Gasteiger partial charge in [-0.15, -0.1) is 0 Å². The first kappa shape index (κ1) is 13.8. The molecule has 0 aliphatic carbocycles. The van der Waals surface area contributed by atoms with Gasteiger partial charge in [-0.3, -0.25) is 9.52 Å². The second-order valence-corrected chi connectivity index (χ2v) is 6.41. The highest BCUT2D eigenvalue weighted by molar-refractivity contribution is 9.10. The third-order valence-electron chi connectivity index (χ3n) is 2.50. The Kier molecular flexibility index (Phi) is 3.77. The molecule has 0 bridgehead atoms. The van der Waals surface area contributed by atoms with Crippen LogP contribution in [0.15, 0.2) is 50.7 Å². The van der Waals surface area contributed by atoms with E-state index in [4.69, 9.17) is 0 Å². The molecular formula is C12H11BrN2O3S. The van der Waals surface area contributed by atoms with Crippen molar-refractivity contribution in [1.29, 1.82) is 0 Å². The molecule has 2 N–H and O–H groups in total. The van der Waals surface area contributed by atoms with Crippen molar-refractivity contribution in [2.24, 2.45) is 0 Å². The minimum absolute atomic E-state index is 0.000469. The van der Waals surface area contributed by atoms with Gasteiger partial charge in [-0.25, -0.2) is 8.42 Å². The van der Waals surface area contributed by atoms with E-state index >= 15 is 0 Å². The van der Waals surface area contributed by atoms with Gasteiger partial charge in [0.2, 0.25) is 5.56 Å². The maximum atomic E-state index is 12.1. The standard InChI is InChI=1S/C12H11BrN2O3S/c1-8-3-2-4-10(12(8)13)15-19(17,18)9-5-6-11(16)14-7-9/h2-7,15H,1H3,(H,14,16). The van der Waals surface area contributed by atoms with Gasteiger partial charge in [-0.2, -0.15) is 0 Å². The number of H-pyrrole nitrogens is 1. The maximum Gasteiger partial charge on any atom is 0.263 e. The second kappa shape index (κ2) is 5.18. The molecule has 0 aliphatic heterocycles. The Morgan fingerprint density at radius 2 is 1.95 bits per heavy atom. The third-order valence-corrected chi connectivity index (χ3v) is 4.92. The zero-order valence-electron chi connectivity index (χ0n) is 9.98. The number of benzene rings is 1. The summed E-state index contributed by atoms with van der Waals surface area (Å²) in [5.41, 5.74) is 1.02. The topological polar surface area (TPSA) is 79.0 Å². The number of aromatic nitrogens is 1. The summed E-state index contributed by atoms with van der Waals surface area (Å²) in [7, 11) is -3.72. The average Bonchev–Trinajstić information content (AvgIpc) is 2.35. The number of hydrogen-bond acceptors (Lipinski definition) is 3. The van der Waals surface area contributed by atoms with Crippen molar-refractivity contribution in [3.8, 4) is 0 Å². The molecule has 1 heterocycles. The van der Waals surface area contributed by atoms with Gasteiger partial charge in [-0.1, -0.05) is 12.1 Å². The highest BCUT2D eigenvalue weighted by atomic mass is 79.9. The first-order valence-corrected chi connectivity index (χ1v) is 7.64. The van der Waals surface area contributed by atoms with E-state index in [1.54, 1.807) is 12.1 Å². The second-order valence-electron chi connectivity index (χ2n) is 3.93. The van der Waals surface area contributed by atoms with Crippen LogP contribution >= 0.6 is 15.9 Å². The van der Waals surface area contributed by atoms with E-state index in [2.05, 4.69) is 25.6 Å². The van der Waals surface area contributed by atoms with Gasteiger partial charge in [-0.05, 0) is 40.5 Å². The minimum Gasteiger partial charge on any atom is -0.328 e. The zero-order chi connectivity index (χ0) is 14.0. The molecule has 1 aromatic carbocycles. The molecular weight excluding hydrogens is 332 g/mol. The Labute approximate surface area is 118 Å². The lowest BCUT2D eigenvalue weighted by molar-refractivity contribution is 0.600. The van der Waals surface area contributed by atoms with Gasteiger partial charge in [0.1, 0.15) is 4.90 Å². The Morgan fingerprint density at radius 3 is 2.58 bits per heavy atom. The molecule has 0 unspecified atom stereocenters. The van der Waals surface area contributed by atoms with Gasteiger partial charge < -0.3 is 4.98 Å². The predicted octanol–water partition coefficient (Wildman–Crippen LogP) is 2.25. The van der Waals surface area contributed by atoms with Crippen molar-refractivity contribution in [1.82, 2.24) is 4.98 Å². The first-order chi connectivity index (χ1) is 8.90. The molecule has 2 aromatic rings. The van der Waals surface area contributed by atoms with Gasteiger partial charge >= 0.3 is 0 Å². The molecule has 0 saturated carbocycles.